The number of alkyl halides is 6. The lowest BCUT2D eigenvalue weighted by Gasteiger charge is -2.48. The zero-order valence-electron chi connectivity index (χ0n) is 22.3. The molecule has 4 rings (SSSR count). The molecule has 1 aromatic heterocycles. The van der Waals surface area contributed by atoms with E-state index in [1.54, 1.807) is 0 Å². The quantitative estimate of drug-likeness (QED) is 0.319. The molecule has 1 N–H and O–H groups in total. The maximum atomic E-state index is 13.9. The van der Waals surface area contributed by atoms with Crippen molar-refractivity contribution in [2.75, 3.05) is 33.9 Å². The van der Waals surface area contributed by atoms with E-state index in [0.29, 0.717) is 35.6 Å². The van der Waals surface area contributed by atoms with Gasteiger partial charge in [0.05, 0.1) is 36.1 Å². The molecule has 1 fully saturated rings. The number of aromatic nitrogens is 3. The Hall–Kier alpha value is -2.78. The second-order valence-corrected chi connectivity index (χ2v) is 9.84. The van der Waals surface area contributed by atoms with Crippen LogP contribution in [-0.2, 0) is 40.6 Å². The molecule has 15 heteroatoms. The first-order valence-electron chi connectivity index (χ1n) is 12.3. The number of nitrogens with one attached hydrogen (secondary N) is 1. The molecule has 0 saturated carbocycles. The van der Waals surface area contributed by atoms with E-state index in [0.717, 1.165) is 0 Å². The monoisotopic (exact) mass is 611 g/mol. The predicted molar refractivity (Wildman–Crippen MR) is 136 cm³/mol. The first kappa shape index (κ1) is 32.7. The number of ether oxygens (including phenoxy) is 2. The highest BCUT2D eigenvalue weighted by Crippen LogP contribution is 2.42. The molecule has 0 spiro atoms. The Kier molecular flexibility index (Phi) is 10.1. The predicted octanol–water partition coefficient (Wildman–Crippen LogP) is 5.93. The van der Waals surface area contributed by atoms with E-state index in [2.05, 4.69) is 15.4 Å². The molecular weight excluding hydrogens is 583 g/mol. The Morgan fingerprint density at radius 2 is 1.66 bits per heavy atom. The van der Waals surface area contributed by atoms with Crippen LogP contribution in [0.3, 0.4) is 0 Å². The van der Waals surface area contributed by atoms with Crippen LogP contribution < -0.4 is 0 Å². The van der Waals surface area contributed by atoms with Crippen molar-refractivity contribution in [2.24, 2.45) is 0 Å². The third kappa shape index (κ3) is 7.55. The van der Waals surface area contributed by atoms with Gasteiger partial charge >= 0.3 is 12.4 Å². The van der Waals surface area contributed by atoms with Gasteiger partial charge in [-0.2, -0.15) is 26.3 Å². The summed E-state index contributed by atoms with van der Waals surface area (Å²) in [6.45, 7) is 2.41. The maximum Gasteiger partial charge on any atom is 0.416 e. The third-order valence-corrected chi connectivity index (χ3v) is 6.58. The first-order valence-corrected chi connectivity index (χ1v) is 12.3. The van der Waals surface area contributed by atoms with Gasteiger partial charge in [-0.05, 0) is 56.9 Å². The molecule has 1 saturated heterocycles. The first-order chi connectivity index (χ1) is 18.7. The van der Waals surface area contributed by atoms with Crippen LogP contribution >= 0.6 is 12.4 Å². The van der Waals surface area contributed by atoms with Gasteiger partial charge in [0, 0.05) is 25.2 Å². The van der Waals surface area contributed by atoms with Gasteiger partial charge in [0.15, 0.2) is 5.72 Å². The largest absolute Gasteiger partial charge is 0.416 e. The van der Waals surface area contributed by atoms with E-state index in [1.807, 2.05) is 23.9 Å². The molecule has 7 nitrogen and oxygen atoms in total. The number of aromatic amines is 1. The van der Waals surface area contributed by atoms with Gasteiger partial charge in [-0.25, -0.2) is 4.39 Å². The number of morpholine rings is 1. The van der Waals surface area contributed by atoms with Crippen LogP contribution in [0.1, 0.15) is 46.7 Å². The molecule has 226 valence electrons. The average molecular weight is 612 g/mol. The molecule has 41 heavy (non-hydrogen) atoms. The van der Waals surface area contributed by atoms with E-state index < -0.39 is 41.1 Å². The van der Waals surface area contributed by atoms with Crippen molar-refractivity contribution in [2.45, 2.75) is 44.2 Å². The van der Waals surface area contributed by atoms with Gasteiger partial charge in [-0.15, -0.1) is 17.5 Å². The Labute approximate surface area is 238 Å². The summed E-state index contributed by atoms with van der Waals surface area (Å²) in [5, 5.41) is 10.9. The Bertz CT molecular complexity index is 1270. The summed E-state index contributed by atoms with van der Waals surface area (Å²) >= 11 is 0. The molecular formula is C26H29ClF7N5O2. The molecule has 2 aromatic carbocycles. The third-order valence-electron chi connectivity index (χ3n) is 6.58. The van der Waals surface area contributed by atoms with Gasteiger partial charge in [0.2, 0.25) is 0 Å². The van der Waals surface area contributed by atoms with Crippen molar-refractivity contribution < 1.29 is 40.2 Å². The lowest BCUT2D eigenvalue weighted by atomic mass is 9.97. The highest BCUT2D eigenvalue weighted by Gasteiger charge is 2.45. The SMILES string of the molecule is C[C@@H](O[C@@]1(c2ccc(F)cc2)COCCN1Cc1nn[nH]c1CN(C)C)c1cc(C(F)(F)F)cc(C(F)(F)F)c1.Cl. The fourth-order valence-corrected chi connectivity index (χ4v) is 4.61. The van der Waals surface area contributed by atoms with Crippen molar-refractivity contribution in [3.63, 3.8) is 0 Å². The summed E-state index contributed by atoms with van der Waals surface area (Å²) < 4.78 is 107. The number of hydrogen-bond donors (Lipinski definition) is 1. The minimum atomic E-state index is -5.01. The van der Waals surface area contributed by atoms with Gasteiger partial charge < -0.3 is 14.4 Å². The lowest BCUT2D eigenvalue weighted by Crippen LogP contribution is -2.56. The van der Waals surface area contributed by atoms with Crippen LogP contribution in [-0.4, -0.2) is 59.1 Å². The van der Waals surface area contributed by atoms with Gasteiger partial charge in [-0.1, -0.05) is 17.3 Å². The summed E-state index contributed by atoms with van der Waals surface area (Å²) in [5.41, 5.74) is -3.05. The van der Waals surface area contributed by atoms with E-state index in [4.69, 9.17) is 9.47 Å². The van der Waals surface area contributed by atoms with Crippen molar-refractivity contribution in [1.82, 2.24) is 25.2 Å². The average Bonchev–Trinajstić information content (AvgIpc) is 3.30. The summed E-state index contributed by atoms with van der Waals surface area (Å²) in [7, 11) is 3.72. The molecule has 0 radical (unpaired) electrons. The summed E-state index contributed by atoms with van der Waals surface area (Å²) in [6, 6.07) is 6.62. The van der Waals surface area contributed by atoms with Crippen LogP contribution in [0.15, 0.2) is 42.5 Å². The number of rotatable bonds is 8. The van der Waals surface area contributed by atoms with Crippen molar-refractivity contribution in [1.29, 1.82) is 0 Å². The van der Waals surface area contributed by atoms with Gasteiger partial charge in [0.1, 0.15) is 11.5 Å². The summed E-state index contributed by atoms with van der Waals surface area (Å²) in [5.74, 6) is -0.535. The normalized spacial score (nSPS) is 19.3. The standard InChI is InChI=1S/C26H28F7N5O2.ClH/c1-16(17-10-19(25(28,29)30)12-20(11-17)26(31,32)33)40-24(18-4-6-21(27)7-5-18)15-39-9-8-38(24)14-23-22(13-37(2)3)34-36-35-23;/h4-7,10-12,16H,8-9,13-15H2,1-3H3,(H,34,35,36);1H/t16-,24-;/m1./s1. The van der Waals surface area contributed by atoms with Crippen molar-refractivity contribution in [3.8, 4) is 0 Å². The number of halogens is 8. The van der Waals surface area contributed by atoms with E-state index >= 15 is 0 Å². The maximum absolute atomic E-state index is 13.9. The van der Waals surface area contributed by atoms with Crippen LogP contribution in [0.25, 0.3) is 0 Å². The van der Waals surface area contributed by atoms with E-state index in [1.165, 1.54) is 31.2 Å². The van der Waals surface area contributed by atoms with Crippen LogP contribution in [0.2, 0.25) is 0 Å². The molecule has 1 aliphatic rings. The number of nitrogens with zero attached hydrogens (tertiary/aromatic N) is 4. The fourth-order valence-electron chi connectivity index (χ4n) is 4.61. The zero-order valence-corrected chi connectivity index (χ0v) is 23.1. The smallest absolute Gasteiger partial charge is 0.375 e. The second-order valence-electron chi connectivity index (χ2n) is 9.84. The Morgan fingerprint density at radius 3 is 2.22 bits per heavy atom. The van der Waals surface area contributed by atoms with E-state index in [-0.39, 0.29) is 50.3 Å². The minimum absolute atomic E-state index is 0. The Balaban J connectivity index is 0.00000462. The highest BCUT2D eigenvalue weighted by molar-refractivity contribution is 5.85. The molecule has 2 atom stereocenters. The zero-order chi connectivity index (χ0) is 29.3. The molecule has 3 aromatic rings. The highest BCUT2D eigenvalue weighted by atomic mass is 35.5. The second kappa shape index (κ2) is 12.6. The molecule has 0 aliphatic carbocycles. The van der Waals surface area contributed by atoms with Crippen molar-refractivity contribution in [3.05, 3.63) is 81.9 Å². The number of hydrogen-bond acceptors (Lipinski definition) is 6. The van der Waals surface area contributed by atoms with Crippen molar-refractivity contribution >= 4 is 12.4 Å². The van der Waals surface area contributed by atoms with E-state index in [9.17, 15) is 30.7 Å². The molecule has 0 amide bonds. The topological polar surface area (TPSA) is 66.5 Å². The summed E-state index contributed by atoms with van der Waals surface area (Å²) in [6.07, 6.45) is -11.3. The molecule has 1 aliphatic heterocycles. The lowest BCUT2D eigenvalue weighted by molar-refractivity contribution is -0.252. The van der Waals surface area contributed by atoms with Gasteiger partial charge in [-0.3, -0.25) is 10.00 Å². The van der Waals surface area contributed by atoms with Gasteiger partial charge in [0.25, 0.3) is 0 Å². The number of benzene rings is 2. The van der Waals surface area contributed by atoms with Crippen LogP contribution in [0.5, 0.6) is 0 Å². The fraction of sp³-hybridized carbons (Fsp3) is 0.462. The number of H-pyrrole nitrogens is 1. The molecule has 2 heterocycles. The molecule has 0 bridgehead atoms. The van der Waals surface area contributed by atoms with Crippen LogP contribution in [0.4, 0.5) is 30.7 Å². The summed E-state index contributed by atoms with van der Waals surface area (Å²) in [4.78, 5) is 3.71. The Morgan fingerprint density at radius 1 is 1.05 bits per heavy atom. The molecule has 0 unspecified atom stereocenters. The van der Waals surface area contributed by atoms with Crippen LogP contribution in [0, 0.1) is 5.82 Å². The minimum Gasteiger partial charge on any atom is -0.375 e.